The molecule has 0 saturated carbocycles. The summed E-state index contributed by atoms with van der Waals surface area (Å²) >= 11 is 0. The maximum Gasteiger partial charge on any atom is 0.246 e. The molecular weight excluding hydrogens is 404 g/mol. The number of piperazine rings is 1. The van der Waals surface area contributed by atoms with Crippen LogP contribution in [0.2, 0.25) is 0 Å². The van der Waals surface area contributed by atoms with Crippen molar-refractivity contribution >= 4 is 11.6 Å². The Morgan fingerprint density at radius 1 is 1.09 bits per heavy atom. The Kier molecular flexibility index (Phi) is 6.87. The Balaban J connectivity index is 1.49. The van der Waals surface area contributed by atoms with Gasteiger partial charge in [0.2, 0.25) is 5.91 Å². The lowest BCUT2D eigenvalue weighted by atomic mass is 10.0. The van der Waals surface area contributed by atoms with Crippen LogP contribution in [0.3, 0.4) is 0 Å². The Morgan fingerprint density at radius 2 is 1.84 bits per heavy atom. The SMILES string of the molecule is COc1ccc(C)cc1NC(=O)C(c1ccccc1)N1CCN(Cc2cc(C)no2)CC1. The number of aryl methyl sites for hydroxylation is 2. The second-order valence-corrected chi connectivity index (χ2v) is 8.25. The van der Waals surface area contributed by atoms with Crippen molar-refractivity contribution in [1.82, 2.24) is 15.0 Å². The van der Waals surface area contributed by atoms with Gasteiger partial charge < -0.3 is 14.6 Å². The average molecular weight is 435 g/mol. The van der Waals surface area contributed by atoms with Crippen LogP contribution in [-0.4, -0.2) is 54.2 Å². The van der Waals surface area contributed by atoms with E-state index >= 15 is 0 Å². The summed E-state index contributed by atoms with van der Waals surface area (Å²) in [5.74, 6) is 1.47. The summed E-state index contributed by atoms with van der Waals surface area (Å²) < 4.78 is 10.8. The molecule has 7 heteroatoms. The third-order valence-corrected chi connectivity index (χ3v) is 5.80. The minimum absolute atomic E-state index is 0.0561. The minimum Gasteiger partial charge on any atom is -0.495 e. The molecule has 0 spiro atoms. The predicted molar refractivity (Wildman–Crippen MR) is 124 cm³/mol. The van der Waals surface area contributed by atoms with Gasteiger partial charge in [-0.2, -0.15) is 0 Å². The van der Waals surface area contributed by atoms with Crippen molar-refractivity contribution in [1.29, 1.82) is 0 Å². The fraction of sp³-hybridized carbons (Fsp3) is 0.360. The third-order valence-electron chi connectivity index (χ3n) is 5.80. The van der Waals surface area contributed by atoms with Crippen molar-refractivity contribution in [2.45, 2.75) is 26.4 Å². The Labute approximate surface area is 188 Å². The molecule has 0 radical (unpaired) electrons. The number of nitrogens with zero attached hydrogens (tertiary/aromatic N) is 3. The van der Waals surface area contributed by atoms with Crippen LogP contribution in [0.5, 0.6) is 5.75 Å². The van der Waals surface area contributed by atoms with E-state index in [0.29, 0.717) is 11.4 Å². The maximum atomic E-state index is 13.5. The summed E-state index contributed by atoms with van der Waals surface area (Å²) in [7, 11) is 1.62. The second-order valence-electron chi connectivity index (χ2n) is 8.25. The summed E-state index contributed by atoms with van der Waals surface area (Å²) in [6.07, 6.45) is 0. The second kappa shape index (κ2) is 9.97. The highest BCUT2D eigenvalue weighted by molar-refractivity contribution is 5.96. The molecule has 1 amide bonds. The molecule has 7 nitrogen and oxygen atoms in total. The third kappa shape index (κ3) is 5.18. The molecule has 1 unspecified atom stereocenters. The van der Waals surface area contributed by atoms with Crippen LogP contribution in [0.1, 0.15) is 28.6 Å². The van der Waals surface area contributed by atoms with Gasteiger partial charge in [-0.1, -0.05) is 41.6 Å². The molecule has 168 valence electrons. The van der Waals surface area contributed by atoms with Gasteiger partial charge in [-0.25, -0.2) is 0 Å². The fourth-order valence-electron chi connectivity index (χ4n) is 4.17. The van der Waals surface area contributed by atoms with Crippen molar-refractivity contribution in [3.05, 3.63) is 77.2 Å². The number of aromatic nitrogens is 1. The van der Waals surface area contributed by atoms with Crippen LogP contribution in [0, 0.1) is 13.8 Å². The summed E-state index contributed by atoms with van der Waals surface area (Å²) in [5, 5.41) is 7.08. The Hall–Kier alpha value is -3.16. The van der Waals surface area contributed by atoms with Gasteiger partial charge in [0.1, 0.15) is 11.8 Å². The highest BCUT2D eigenvalue weighted by Gasteiger charge is 2.31. The first-order chi connectivity index (χ1) is 15.5. The van der Waals surface area contributed by atoms with Crippen LogP contribution in [0.4, 0.5) is 5.69 Å². The zero-order chi connectivity index (χ0) is 22.5. The number of methoxy groups -OCH3 is 1. The molecular formula is C25H30N4O3. The minimum atomic E-state index is -0.379. The van der Waals surface area contributed by atoms with E-state index in [0.717, 1.165) is 55.3 Å². The lowest BCUT2D eigenvalue weighted by Crippen LogP contribution is -2.49. The molecule has 1 saturated heterocycles. The summed E-state index contributed by atoms with van der Waals surface area (Å²) in [5.41, 5.74) is 3.63. The van der Waals surface area contributed by atoms with E-state index in [-0.39, 0.29) is 11.9 Å². The summed E-state index contributed by atoms with van der Waals surface area (Å²) in [6, 6.07) is 17.3. The molecule has 2 aromatic carbocycles. The number of carbonyl (C=O) groups is 1. The average Bonchev–Trinajstić information content (AvgIpc) is 3.20. The van der Waals surface area contributed by atoms with Gasteiger partial charge in [-0.15, -0.1) is 0 Å². The molecule has 0 aliphatic carbocycles. The van der Waals surface area contributed by atoms with Crippen LogP contribution in [0.25, 0.3) is 0 Å². The topological polar surface area (TPSA) is 70.8 Å². The van der Waals surface area contributed by atoms with E-state index in [2.05, 4.69) is 20.3 Å². The first kappa shape index (κ1) is 22.0. The monoisotopic (exact) mass is 434 g/mol. The summed E-state index contributed by atoms with van der Waals surface area (Å²) in [4.78, 5) is 18.1. The lowest BCUT2D eigenvalue weighted by molar-refractivity contribution is -0.122. The molecule has 32 heavy (non-hydrogen) atoms. The van der Waals surface area contributed by atoms with Gasteiger partial charge in [0.15, 0.2) is 5.76 Å². The van der Waals surface area contributed by atoms with E-state index in [1.54, 1.807) is 7.11 Å². The molecule has 1 N–H and O–H groups in total. The zero-order valence-electron chi connectivity index (χ0n) is 18.9. The highest BCUT2D eigenvalue weighted by atomic mass is 16.5. The van der Waals surface area contributed by atoms with Gasteiger partial charge in [0, 0.05) is 32.2 Å². The van der Waals surface area contributed by atoms with Gasteiger partial charge in [-0.05, 0) is 37.1 Å². The van der Waals surface area contributed by atoms with E-state index < -0.39 is 0 Å². The standard InChI is InChI=1S/C25H30N4O3/c1-18-9-10-23(31-3)22(15-18)26-25(30)24(20-7-5-4-6-8-20)29-13-11-28(12-14-29)17-21-16-19(2)27-32-21/h4-10,15-16,24H,11-14,17H2,1-3H3,(H,26,30). The first-order valence-electron chi connectivity index (χ1n) is 10.9. The number of rotatable bonds is 7. The van der Waals surface area contributed by atoms with Crippen LogP contribution in [-0.2, 0) is 11.3 Å². The van der Waals surface area contributed by atoms with Gasteiger partial charge in [0.05, 0.1) is 25.0 Å². The van der Waals surface area contributed by atoms with Crippen molar-refractivity contribution in [3.8, 4) is 5.75 Å². The number of nitrogens with one attached hydrogen (secondary N) is 1. The molecule has 1 aromatic heterocycles. The number of hydrogen-bond acceptors (Lipinski definition) is 6. The largest absolute Gasteiger partial charge is 0.495 e. The van der Waals surface area contributed by atoms with E-state index in [9.17, 15) is 4.79 Å². The van der Waals surface area contributed by atoms with Crippen LogP contribution in [0.15, 0.2) is 59.1 Å². The Bertz CT molecular complexity index is 1040. The number of amides is 1. The van der Waals surface area contributed by atoms with E-state index in [4.69, 9.17) is 9.26 Å². The smallest absolute Gasteiger partial charge is 0.246 e. The van der Waals surface area contributed by atoms with E-state index in [1.807, 2.05) is 68.4 Å². The van der Waals surface area contributed by atoms with Crippen molar-refractivity contribution < 1.29 is 14.1 Å². The molecule has 3 aromatic rings. The molecule has 2 heterocycles. The van der Waals surface area contributed by atoms with Crippen LogP contribution < -0.4 is 10.1 Å². The number of ether oxygens (including phenoxy) is 1. The molecule has 0 bridgehead atoms. The van der Waals surface area contributed by atoms with Gasteiger partial charge >= 0.3 is 0 Å². The van der Waals surface area contributed by atoms with Gasteiger partial charge in [0.25, 0.3) is 0 Å². The maximum absolute atomic E-state index is 13.5. The Morgan fingerprint density at radius 3 is 2.50 bits per heavy atom. The number of anilines is 1. The first-order valence-corrected chi connectivity index (χ1v) is 10.9. The highest BCUT2D eigenvalue weighted by Crippen LogP contribution is 2.29. The summed E-state index contributed by atoms with van der Waals surface area (Å²) in [6.45, 7) is 7.93. The molecule has 1 aliphatic heterocycles. The lowest BCUT2D eigenvalue weighted by Gasteiger charge is -2.38. The molecule has 4 rings (SSSR count). The van der Waals surface area contributed by atoms with Crippen molar-refractivity contribution in [2.24, 2.45) is 0 Å². The molecule has 1 fully saturated rings. The number of hydrogen-bond donors (Lipinski definition) is 1. The van der Waals surface area contributed by atoms with Crippen molar-refractivity contribution in [3.63, 3.8) is 0 Å². The normalized spacial score (nSPS) is 16.0. The fourth-order valence-corrected chi connectivity index (χ4v) is 4.17. The van der Waals surface area contributed by atoms with Gasteiger partial charge in [-0.3, -0.25) is 14.6 Å². The molecule has 1 atom stereocenters. The van der Waals surface area contributed by atoms with Crippen molar-refractivity contribution in [2.75, 3.05) is 38.6 Å². The quantitative estimate of drug-likeness (QED) is 0.610. The van der Waals surface area contributed by atoms with Crippen LogP contribution >= 0.6 is 0 Å². The number of benzene rings is 2. The number of carbonyl (C=O) groups excluding carboxylic acids is 1. The predicted octanol–water partition coefficient (Wildman–Crippen LogP) is 3.80. The zero-order valence-corrected chi connectivity index (χ0v) is 18.9. The molecule has 1 aliphatic rings. The van der Waals surface area contributed by atoms with E-state index in [1.165, 1.54) is 0 Å².